The van der Waals surface area contributed by atoms with Crippen molar-refractivity contribution in [2.24, 2.45) is 0 Å². The van der Waals surface area contributed by atoms with E-state index in [1.54, 1.807) is 20.8 Å². The van der Waals surface area contributed by atoms with Crippen LogP contribution in [-0.4, -0.2) is 67.1 Å². The highest BCUT2D eigenvalue weighted by molar-refractivity contribution is 5.71. The van der Waals surface area contributed by atoms with E-state index in [2.05, 4.69) is 0 Å². The van der Waals surface area contributed by atoms with E-state index < -0.39 is 41.6 Å². The summed E-state index contributed by atoms with van der Waals surface area (Å²) in [6.45, 7) is 13.0. The molecule has 150 valence electrons. The fourth-order valence-electron chi connectivity index (χ4n) is 3.42. The molecular formula is C18H30O8. The van der Waals surface area contributed by atoms with E-state index in [4.69, 9.17) is 33.2 Å². The predicted octanol–water partition coefficient (Wildman–Crippen LogP) is 1.74. The fourth-order valence-corrected chi connectivity index (χ4v) is 3.42. The van der Waals surface area contributed by atoms with Crippen molar-refractivity contribution in [3.8, 4) is 0 Å². The van der Waals surface area contributed by atoms with Gasteiger partial charge in [-0.25, -0.2) is 4.79 Å². The molecule has 0 aromatic rings. The summed E-state index contributed by atoms with van der Waals surface area (Å²) < 4.78 is 40.4. The topological polar surface area (TPSA) is 81.7 Å². The van der Waals surface area contributed by atoms with E-state index in [0.717, 1.165) is 0 Å². The van der Waals surface area contributed by atoms with Gasteiger partial charge in [0.2, 0.25) is 0 Å². The first kappa shape index (κ1) is 20.0. The number of carbonyl (C=O) groups is 1. The van der Waals surface area contributed by atoms with Crippen molar-refractivity contribution >= 4 is 5.97 Å². The highest BCUT2D eigenvalue weighted by atomic mass is 16.8. The van der Waals surface area contributed by atoms with Gasteiger partial charge >= 0.3 is 5.97 Å². The minimum atomic E-state index is -0.764. The molecule has 0 amide bonds. The molecule has 0 spiro atoms. The molecule has 26 heavy (non-hydrogen) atoms. The molecular weight excluding hydrogens is 344 g/mol. The zero-order chi connectivity index (χ0) is 19.3. The van der Waals surface area contributed by atoms with Crippen LogP contribution in [0.3, 0.4) is 0 Å². The Morgan fingerprint density at radius 1 is 1.00 bits per heavy atom. The molecule has 0 bridgehead atoms. The number of rotatable bonds is 4. The van der Waals surface area contributed by atoms with Gasteiger partial charge in [-0.05, 0) is 48.5 Å². The molecule has 3 fully saturated rings. The van der Waals surface area contributed by atoms with Gasteiger partial charge in [-0.3, -0.25) is 0 Å². The van der Waals surface area contributed by atoms with Gasteiger partial charge in [-0.1, -0.05) is 0 Å². The molecule has 3 saturated heterocycles. The number of hydrogen-bond donors (Lipinski definition) is 0. The third-order valence-corrected chi connectivity index (χ3v) is 4.23. The third-order valence-electron chi connectivity index (χ3n) is 4.23. The van der Waals surface area contributed by atoms with Crippen molar-refractivity contribution in [2.45, 2.75) is 96.3 Å². The summed E-state index contributed by atoms with van der Waals surface area (Å²) in [5.74, 6) is -1.89. The predicted molar refractivity (Wildman–Crippen MR) is 89.2 cm³/mol. The molecule has 0 aromatic carbocycles. The minimum Gasteiger partial charge on any atom is -0.458 e. The zero-order valence-electron chi connectivity index (χ0n) is 16.6. The maximum Gasteiger partial charge on any atom is 0.332 e. The van der Waals surface area contributed by atoms with Crippen LogP contribution in [0.2, 0.25) is 0 Å². The normalized spacial score (nSPS) is 38.3. The maximum absolute atomic E-state index is 11.9. The number of fused-ring (bicyclic) bond motifs is 1. The molecule has 0 N–H and O–H groups in total. The van der Waals surface area contributed by atoms with Crippen molar-refractivity contribution in [3.63, 3.8) is 0 Å². The van der Waals surface area contributed by atoms with E-state index in [1.165, 1.54) is 0 Å². The summed E-state index contributed by atoms with van der Waals surface area (Å²) >= 11 is 0. The zero-order valence-corrected chi connectivity index (χ0v) is 16.6. The lowest BCUT2D eigenvalue weighted by Gasteiger charge is -2.27. The Hall–Kier alpha value is -0.770. The summed E-state index contributed by atoms with van der Waals surface area (Å²) in [4.78, 5) is 11.9. The van der Waals surface area contributed by atoms with Gasteiger partial charge in [-0.15, -0.1) is 0 Å². The first-order valence-corrected chi connectivity index (χ1v) is 9.02. The second kappa shape index (κ2) is 6.68. The highest BCUT2D eigenvalue weighted by Gasteiger charge is 2.59. The summed E-state index contributed by atoms with van der Waals surface area (Å²) in [5, 5.41) is 0. The van der Waals surface area contributed by atoms with E-state index in [-0.39, 0.29) is 18.8 Å². The first-order valence-electron chi connectivity index (χ1n) is 9.02. The van der Waals surface area contributed by atoms with Crippen molar-refractivity contribution in [1.29, 1.82) is 0 Å². The van der Waals surface area contributed by atoms with Crippen molar-refractivity contribution in [3.05, 3.63) is 0 Å². The van der Waals surface area contributed by atoms with Crippen molar-refractivity contribution in [1.82, 2.24) is 0 Å². The van der Waals surface area contributed by atoms with Gasteiger partial charge < -0.3 is 33.2 Å². The summed E-state index contributed by atoms with van der Waals surface area (Å²) in [6, 6.07) is 0. The summed E-state index contributed by atoms with van der Waals surface area (Å²) in [6.07, 6.45) is -2.27. The van der Waals surface area contributed by atoms with Crippen LogP contribution in [0.4, 0.5) is 0 Å². The second-order valence-electron chi connectivity index (χ2n) is 8.80. The summed E-state index contributed by atoms with van der Waals surface area (Å²) in [7, 11) is 0. The molecule has 3 heterocycles. The Bertz CT molecular complexity index is 538. The molecule has 3 aliphatic rings. The van der Waals surface area contributed by atoms with E-state index in [1.807, 2.05) is 27.7 Å². The quantitative estimate of drug-likeness (QED) is 0.689. The van der Waals surface area contributed by atoms with Crippen LogP contribution in [-0.2, 0) is 38.0 Å². The lowest BCUT2D eigenvalue weighted by molar-refractivity contribution is -0.248. The highest BCUT2D eigenvalue weighted by Crippen LogP contribution is 2.42. The van der Waals surface area contributed by atoms with E-state index >= 15 is 0 Å². The van der Waals surface area contributed by atoms with Gasteiger partial charge in [0.15, 0.2) is 17.9 Å². The Morgan fingerprint density at radius 3 is 2.23 bits per heavy atom. The van der Waals surface area contributed by atoms with Crippen molar-refractivity contribution < 1.29 is 38.0 Å². The van der Waals surface area contributed by atoms with E-state index in [0.29, 0.717) is 6.61 Å². The molecule has 3 aliphatic heterocycles. The molecule has 8 nitrogen and oxygen atoms in total. The van der Waals surface area contributed by atoms with Gasteiger partial charge in [0.25, 0.3) is 0 Å². The lowest BCUT2D eigenvalue weighted by atomic mass is 10.1. The lowest BCUT2D eigenvalue weighted by Crippen LogP contribution is -2.40. The average Bonchev–Trinajstić information content (AvgIpc) is 3.05. The molecule has 0 aromatic heterocycles. The third kappa shape index (κ3) is 4.55. The van der Waals surface area contributed by atoms with Crippen LogP contribution in [0.5, 0.6) is 0 Å². The average molecular weight is 374 g/mol. The Balaban J connectivity index is 1.64. The molecule has 3 rings (SSSR count). The first-order chi connectivity index (χ1) is 11.9. The van der Waals surface area contributed by atoms with E-state index in [9.17, 15) is 4.79 Å². The molecule has 8 heteroatoms. The largest absolute Gasteiger partial charge is 0.458 e. The van der Waals surface area contributed by atoms with Crippen LogP contribution < -0.4 is 0 Å². The van der Waals surface area contributed by atoms with Gasteiger partial charge in [0.05, 0.1) is 6.61 Å². The number of esters is 1. The van der Waals surface area contributed by atoms with Gasteiger partial charge in [0.1, 0.15) is 36.6 Å². The minimum absolute atomic E-state index is 0.227. The molecule has 5 atom stereocenters. The van der Waals surface area contributed by atoms with Crippen LogP contribution in [0.25, 0.3) is 0 Å². The van der Waals surface area contributed by atoms with Gasteiger partial charge in [0, 0.05) is 0 Å². The molecule has 2 unspecified atom stereocenters. The van der Waals surface area contributed by atoms with Crippen LogP contribution in [0.15, 0.2) is 0 Å². The fraction of sp³-hybridized carbons (Fsp3) is 0.944. The number of ether oxygens (including phenoxy) is 7. The van der Waals surface area contributed by atoms with Crippen LogP contribution in [0.1, 0.15) is 48.5 Å². The molecule has 0 saturated carbocycles. The van der Waals surface area contributed by atoms with Gasteiger partial charge in [-0.2, -0.15) is 0 Å². The Labute approximate surface area is 154 Å². The smallest absolute Gasteiger partial charge is 0.332 e. The standard InChI is InChI=1S/C18H30O8/c1-16(2,3)24-11(19)9-20-15-14-13(25-18(6,7)26-14)12(22-15)10-8-21-17(4,5)23-10/h10,12-15H,8-9H2,1-7H3/t10?,12-,13+,14+,15?/m1/s1. The van der Waals surface area contributed by atoms with Crippen LogP contribution >= 0.6 is 0 Å². The number of carbonyl (C=O) groups excluding carboxylic acids is 1. The molecule has 0 radical (unpaired) electrons. The Morgan fingerprint density at radius 2 is 1.65 bits per heavy atom. The summed E-state index contributed by atoms with van der Waals surface area (Å²) in [5.41, 5.74) is -0.572. The number of hydrogen-bond acceptors (Lipinski definition) is 8. The molecule has 0 aliphatic carbocycles. The maximum atomic E-state index is 11.9. The monoisotopic (exact) mass is 374 g/mol. The van der Waals surface area contributed by atoms with Crippen molar-refractivity contribution in [2.75, 3.05) is 13.2 Å². The Kier molecular flexibility index (Phi) is 5.14. The van der Waals surface area contributed by atoms with Crippen LogP contribution in [0, 0.1) is 0 Å². The second-order valence-corrected chi connectivity index (χ2v) is 8.80. The SMILES string of the molecule is CC(C)(C)OC(=O)COC1O[C@H](C2COC(C)(C)O2)[C@@H]2OC(C)(C)O[C@H]12.